The Hall–Kier alpha value is -1.55. The van der Waals surface area contributed by atoms with Crippen LogP contribution >= 0.6 is 0 Å². The summed E-state index contributed by atoms with van der Waals surface area (Å²) in [5.74, 6) is 0. The third-order valence-electron chi connectivity index (χ3n) is 3.33. The van der Waals surface area contributed by atoms with Gasteiger partial charge in [-0.05, 0) is 30.9 Å². The third-order valence-corrected chi connectivity index (χ3v) is 3.33. The first-order chi connectivity index (χ1) is 8.66. The second-order valence-corrected chi connectivity index (χ2v) is 4.83. The summed E-state index contributed by atoms with van der Waals surface area (Å²) in [6.07, 6.45) is 1.69. The fraction of sp³-hybridized carbons (Fsp3) is 0.500. The van der Waals surface area contributed by atoms with Gasteiger partial charge in [0.1, 0.15) is 6.61 Å². The standard InChI is InChI=1S/C14H20N2O2/c1-11-5-2-3-6-12(11)10-18-14(17)16-8-4-7-13(15)9-16/h2-3,5-6,13H,4,7-10,15H2,1H3. The summed E-state index contributed by atoms with van der Waals surface area (Å²) in [5.41, 5.74) is 8.03. The van der Waals surface area contributed by atoms with E-state index in [2.05, 4.69) is 0 Å². The highest BCUT2D eigenvalue weighted by molar-refractivity contribution is 5.67. The van der Waals surface area contributed by atoms with E-state index < -0.39 is 0 Å². The number of carbonyl (C=O) groups excluding carboxylic acids is 1. The van der Waals surface area contributed by atoms with Crippen LogP contribution in [0.3, 0.4) is 0 Å². The number of hydrogen-bond donors (Lipinski definition) is 1. The van der Waals surface area contributed by atoms with E-state index >= 15 is 0 Å². The van der Waals surface area contributed by atoms with Crippen molar-refractivity contribution in [3.05, 3.63) is 35.4 Å². The number of hydrogen-bond acceptors (Lipinski definition) is 3. The Balaban J connectivity index is 1.86. The molecule has 1 aromatic rings. The van der Waals surface area contributed by atoms with Crippen molar-refractivity contribution in [2.75, 3.05) is 13.1 Å². The van der Waals surface area contributed by atoms with Gasteiger partial charge in [-0.2, -0.15) is 0 Å². The van der Waals surface area contributed by atoms with Crippen molar-refractivity contribution in [3.63, 3.8) is 0 Å². The molecule has 1 heterocycles. The van der Waals surface area contributed by atoms with E-state index in [0.717, 1.165) is 30.5 Å². The molecule has 98 valence electrons. The summed E-state index contributed by atoms with van der Waals surface area (Å²) in [7, 11) is 0. The fourth-order valence-corrected chi connectivity index (χ4v) is 2.18. The van der Waals surface area contributed by atoms with Gasteiger partial charge in [0.25, 0.3) is 0 Å². The van der Waals surface area contributed by atoms with Gasteiger partial charge in [0.05, 0.1) is 0 Å². The molecule has 4 heteroatoms. The average Bonchev–Trinajstić information content (AvgIpc) is 2.37. The van der Waals surface area contributed by atoms with E-state index in [4.69, 9.17) is 10.5 Å². The Kier molecular flexibility index (Phi) is 4.20. The van der Waals surface area contributed by atoms with Crippen molar-refractivity contribution in [2.24, 2.45) is 5.73 Å². The van der Waals surface area contributed by atoms with Gasteiger partial charge in [-0.1, -0.05) is 24.3 Å². The molecule has 1 fully saturated rings. The van der Waals surface area contributed by atoms with Gasteiger partial charge in [-0.3, -0.25) is 0 Å². The van der Waals surface area contributed by atoms with Crippen molar-refractivity contribution >= 4 is 6.09 Å². The molecule has 2 N–H and O–H groups in total. The molecular formula is C14H20N2O2. The lowest BCUT2D eigenvalue weighted by atomic mass is 10.1. The minimum atomic E-state index is -0.256. The van der Waals surface area contributed by atoms with Crippen molar-refractivity contribution in [2.45, 2.75) is 32.4 Å². The number of aryl methyl sites for hydroxylation is 1. The van der Waals surface area contributed by atoms with Gasteiger partial charge >= 0.3 is 6.09 Å². The zero-order chi connectivity index (χ0) is 13.0. The highest BCUT2D eigenvalue weighted by atomic mass is 16.6. The molecule has 0 aromatic heterocycles. The molecular weight excluding hydrogens is 228 g/mol. The van der Waals surface area contributed by atoms with Crippen molar-refractivity contribution in [3.8, 4) is 0 Å². The number of ether oxygens (including phenoxy) is 1. The van der Waals surface area contributed by atoms with Crippen LogP contribution in [0.15, 0.2) is 24.3 Å². The van der Waals surface area contributed by atoms with E-state index in [1.165, 1.54) is 0 Å². The smallest absolute Gasteiger partial charge is 0.410 e. The van der Waals surface area contributed by atoms with Gasteiger partial charge in [0, 0.05) is 19.1 Å². The zero-order valence-electron chi connectivity index (χ0n) is 10.8. The Bertz CT molecular complexity index is 420. The van der Waals surface area contributed by atoms with Crippen LogP contribution in [-0.4, -0.2) is 30.1 Å². The predicted octanol–water partition coefficient (Wildman–Crippen LogP) is 2.05. The molecule has 1 aromatic carbocycles. The van der Waals surface area contributed by atoms with Crippen LogP contribution in [0.25, 0.3) is 0 Å². The van der Waals surface area contributed by atoms with Crippen molar-refractivity contribution in [1.29, 1.82) is 0 Å². The summed E-state index contributed by atoms with van der Waals surface area (Å²) >= 11 is 0. The monoisotopic (exact) mass is 248 g/mol. The van der Waals surface area contributed by atoms with Crippen molar-refractivity contribution < 1.29 is 9.53 Å². The number of rotatable bonds is 2. The Morgan fingerprint density at radius 1 is 1.50 bits per heavy atom. The van der Waals surface area contributed by atoms with Gasteiger partial charge in [0.15, 0.2) is 0 Å². The fourth-order valence-electron chi connectivity index (χ4n) is 2.18. The number of nitrogens with zero attached hydrogens (tertiary/aromatic N) is 1. The molecule has 1 saturated heterocycles. The predicted molar refractivity (Wildman–Crippen MR) is 70.1 cm³/mol. The molecule has 0 bridgehead atoms. The number of likely N-dealkylation sites (tertiary alicyclic amines) is 1. The minimum Gasteiger partial charge on any atom is -0.445 e. The van der Waals surface area contributed by atoms with Crippen LogP contribution in [0.5, 0.6) is 0 Å². The SMILES string of the molecule is Cc1ccccc1COC(=O)N1CCCC(N)C1. The number of nitrogens with two attached hydrogens (primary N) is 1. The molecule has 18 heavy (non-hydrogen) atoms. The van der Waals surface area contributed by atoms with Crippen molar-refractivity contribution in [1.82, 2.24) is 4.90 Å². The van der Waals surface area contributed by atoms with Crippen LogP contribution in [-0.2, 0) is 11.3 Å². The van der Waals surface area contributed by atoms with E-state index in [-0.39, 0.29) is 12.1 Å². The van der Waals surface area contributed by atoms with E-state index in [1.54, 1.807) is 4.90 Å². The zero-order valence-corrected chi connectivity index (χ0v) is 10.8. The molecule has 1 aliphatic rings. The second-order valence-electron chi connectivity index (χ2n) is 4.83. The maximum Gasteiger partial charge on any atom is 0.410 e. The summed E-state index contributed by atoms with van der Waals surface area (Å²) in [5, 5.41) is 0. The Morgan fingerprint density at radius 2 is 2.28 bits per heavy atom. The molecule has 0 aliphatic carbocycles. The molecule has 1 atom stereocenters. The number of benzene rings is 1. The molecule has 0 radical (unpaired) electrons. The summed E-state index contributed by atoms with van der Waals surface area (Å²) in [6, 6.07) is 8.01. The Morgan fingerprint density at radius 3 is 3.00 bits per heavy atom. The maximum absolute atomic E-state index is 11.9. The van der Waals surface area contributed by atoms with E-state index in [0.29, 0.717) is 13.2 Å². The van der Waals surface area contributed by atoms with Gasteiger partial charge in [0.2, 0.25) is 0 Å². The van der Waals surface area contributed by atoms with E-state index in [1.807, 2.05) is 31.2 Å². The maximum atomic E-state index is 11.9. The van der Waals surface area contributed by atoms with Crippen LogP contribution in [0.2, 0.25) is 0 Å². The Labute approximate surface area is 108 Å². The topological polar surface area (TPSA) is 55.6 Å². The third kappa shape index (κ3) is 3.23. The number of piperidine rings is 1. The highest BCUT2D eigenvalue weighted by Gasteiger charge is 2.22. The first-order valence-corrected chi connectivity index (χ1v) is 6.38. The number of amides is 1. The normalized spacial score (nSPS) is 19.7. The quantitative estimate of drug-likeness (QED) is 0.871. The average molecular weight is 248 g/mol. The molecule has 2 rings (SSSR count). The van der Waals surface area contributed by atoms with Crippen LogP contribution in [0.1, 0.15) is 24.0 Å². The first-order valence-electron chi connectivity index (χ1n) is 6.38. The number of carbonyl (C=O) groups is 1. The first kappa shape index (κ1) is 12.9. The highest BCUT2D eigenvalue weighted by Crippen LogP contribution is 2.12. The molecule has 1 amide bonds. The molecule has 0 saturated carbocycles. The second kappa shape index (κ2) is 5.87. The van der Waals surface area contributed by atoms with Gasteiger partial charge in [-0.25, -0.2) is 4.79 Å². The van der Waals surface area contributed by atoms with Crippen LogP contribution in [0.4, 0.5) is 4.79 Å². The molecule has 0 spiro atoms. The largest absolute Gasteiger partial charge is 0.445 e. The van der Waals surface area contributed by atoms with E-state index in [9.17, 15) is 4.79 Å². The lowest BCUT2D eigenvalue weighted by Gasteiger charge is -2.29. The summed E-state index contributed by atoms with van der Waals surface area (Å²) in [4.78, 5) is 13.6. The molecule has 4 nitrogen and oxygen atoms in total. The van der Waals surface area contributed by atoms with Gasteiger partial charge < -0.3 is 15.4 Å². The lowest BCUT2D eigenvalue weighted by molar-refractivity contribution is 0.0861. The van der Waals surface area contributed by atoms with Gasteiger partial charge in [-0.15, -0.1) is 0 Å². The minimum absolute atomic E-state index is 0.0877. The summed E-state index contributed by atoms with van der Waals surface area (Å²) < 4.78 is 5.33. The van der Waals surface area contributed by atoms with Crippen LogP contribution in [0, 0.1) is 6.92 Å². The molecule has 1 aliphatic heterocycles. The lowest BCUT2D eigenvalue weighted by Crippen LogP contribution is -2.45. The molecule has 1 unspecified atom stereocenters. The summed E-state index contributed by atoms with van der Waals surface area (Å²) in [6.45, 7) is 3.70. The van der Waals surface area contributed by atoms with Crippen LogP contribution < -0.4 is 5.73 Å².